The predicted molar refractivity (Wildman–Crippen MR) is 78.9 cm³/mol. The molecule has 2 N–H and O–H groups in total. The first kappa shape index (κ1) is 13.5. The Morgan fingerprint density at radius 1 is 1.22 bits per heavy atom. The first-order valence-corrected chi connectivity index (χ1v) is 7.06. The van der Waals surface area contributed by atoms with Crippen LogP contribution in [0.3, 0.4) is 0 Å². The van der Waals surface area contributed by atoms with Gasteiger partial charge in [-0.2, -0.15) is 0 Å². The minimum Gasteiger partial charge on any atom is -0.438 e. The fourth-order valence-corrected chi connectivity index (χ4v) is 2.65. The van der Waals surface area contributed by atoms with Crippen LogP contribution in [0.1, 0.15) is 5.56 Å². The van der Waals surface area contributed by atoms with Crippen LogP contribution in [0.15, 0.2) is 45.5 Å². The molecule has 1 aromatic heterocycles. The zero-order valence-corrected chi connectivity index (χ0v) is 12.7. The molecule has 94 valence electrons. The number of aromatic nitrogens is 1. The van der Waals surface area contributed by atoms with Crippen molar-refractivity contribution in [2.24, 2.45) is 5.73 Å². The van der Waals surface area contributed by atoms with Crippen molar-refractivity contribution in [1.29, 1.82) is 0 Å². The molecule has 0 amide bonds. The van der Waals surface area contributed by atoms with Gasteiger partial charge >= 0.3 is 0 Å². The summed E-state index contributed by atoms with van der Waals surface area (Å²) in [6.45, 7) is 0.573. The van der Waals surface area contributed by atoms with Gasteiger partial charge in [0, 0.05) is 16.2 Å². The number of halogens is 2. The molecule has 0 spiro atoms. The largest absolute Gasteiger partial charge is 0.438 e. The lowest BCUT2D eigenvalue weighted by Crippen LogP contribution is -2.04. The van der Waals surface area contributed by atoms with Crippen LogP contribution in [0, 0.1) is 0 Å². The highest BCUT2D eigenvalue weighted by Gasteiger charge is 2.08. The molecule has 5 heteroatoms. The first-order chi connectivity index (χ1) is 8.70. The molecular weight excluding hydrogens is 360 g/mol. The molecule has 2 rings (SSSR count). The van der Waals surface area contributed by atoms with Gasteiger partial charge in [-0.1, -0.05) is 22.0 Å². The van der Waals surface area contributed by atoms with Crippen molar-refractivity contribution in [3.63, 3.8) is 0 Å². The Labute approximate surface area is 123 Å². The Hall–Kier alpha value is -0.910. The van der Waals surface area contributed by atoms with E-state index in [0.717, 1.165) is 26.7 Å². The second-order valence-corrected chi connectivity index (χ2v) is 5.45. The lowest BCUT2D eigenvalue weighted by atomic mass is 10.2. The van der Waals surface area contributed by atoms with Gasteiger partial charge in [-0.05, 0) is 53.2 Å². The summed E-state index contributed by atoms with van der Waals surface area (Å²) < 4.78 is 7.68. The van der Waals surface area contributed by atoms with E-state index in [1.165, 1.54) is 0 Å². The molecule has 0 saturated carbocycles. The summed E-state index contributed by atoms with van der Waals surface area (Å²) in [4.78, 5) is 4.25. The molecule has 3 nitrogen and oxygen atoms in total. The standard InChI is InChI=1S/C13H12Br2N2O/c14-10-3-4-12(11(15)8-10)18-13-9(5-6-16)2-1-7-17-13/h1-4,7-8H,5-6,16H2. The van der Waals surface area contributed by atoms with Crippen molar-refractivity contribution in [2.45, 2.75) is 6.42 Å². The average Bonchev–Trinajstić information content (AvgIpc) is 2.35. The number of nitrogens with zero attached hydrogens (tertiary/aromatic N) is 1. The highest BCUT2D eigenvalue weighted by Crippen LogP contribution is 2.32. The molecule has 18 heavy (non-hydrogen) atoms. The second kappa shape index (κ2) is 6.31. The molecule has 0 fully saturated rings. The fourth-order valence-electron chi connectivity index (χ4n) is 1.52. The molecule has 0 aliphatic heterocycles. The van der Waals surface area contributed by atoms with Gasteiger partial charge in [-0.25, -0.2) is 4.98 Å². The lowest BCUT2D eigenvalue weighted by molar-refractivity contribution is 0.453. The first-order valence-electron chi connectivity index (χ1n) is 5.47. The van der Waals surface area contributed by atoms with E-state index in [1.807, 2.05) is 30.3 Å². The van der Waals surface area contributed by atoms with Crippen LogP contribution in [0.2, 0.25) is 0 Å². The Morgan fingerprint density at radius 2 is 2.06 bits per heavy atom. The van der Waals surface area contributed by atoms with E-state index >= 15 is 0 Å². The molecule has 1 heterocycles. The summed E-state index contributed by atoms with van der Waals surface area (Å²) in [6.07, 6.45) is 2.46. The van der Waals surface area contributed by atoms with Gasteiger partial charge < -0.3 is 10.5 Å². The number of hydrogen-bond donors (Lipinski definition) is 1. The van der Waals surface area contributed by atoms with Gasteiger partial charge in [-0.15, -0.1) is 0 Å². The van der Waals surface area contributed by atoms with Crippen LogP contribution in [-0.4, -0.2) is 11.5 Å². The van der Waals surface area contributed by atoms with Gasteiger partial charge in [-0.3, -0.25) is 0 Å². The second-order valence-electron chi connectivity index (χ2n) is 3.68. The maximum Gasteiger partial charge on any atom is 0.222 e. The van der Waals surface area contributed by atoms with Crippen LogP contribution >= 0.6 is 31.9 Å². The number of hydrogen-bond acceptors (Lipinski definition) is 3. The maximum absolute atomic E-state index is 5.81. The van der Waals surface area contributed by atoms with Gasteiger partial charge in [0.05, 0.1) is 4.47 Å². The number of pyridine rings is 1. The van der Waals surface area contributed by atoms with Gasteiger partial charge in [0.2, 0.25) is 5.88 Å². The minimum atomic E-state index is 0.573. The Bertz CT molecular complexity index is 546. The van der Waals surface area contributed by atoms with Gasteiger partial charge in [0.1, 0.15) is 5.75 Å². The fraction of sp³-hybridized carbons (Fsp3) is 0.154. The van der Waals surface area contributed by atoms with Crippen molar-refractivity contribution in [2.75, 3.05) is 6.54 Å². The van der Waals surface area contributed by atoms with E-state index in [0.29, 0.717) is 12.4 Å². The Balaban J connectivity index is 2.28. The summed E-state index contributed by atoms with van der Waals surface area (Å²) in [5.74, 6) is 1.33. The molecule has 0 atom stereocenters. The SMILES string of the molecule is NCCc1cccnc1Oc1ccc(Br)cc1Br. The number of ether oxygens (including phenoxy) is 1. The molecule has 0 saturated heterocycles. The van der Waals surface area contributed by atoms with Gasteiger partial charge in [0.25, 0.3) is 0 Å². The molecule has 0 aliphatic carbocycles. The third-order valence-corrected chi connectivity index (χ3v) is 3.48. The third kappa shape index (κ3) is 3.31. The van der Waals surface area contributed by atoms with E-state index in [2.05, 4.69) is 36.8 Å². The number of rotatable bonds is 4. The van der Waals surface area contributed by atoms with E-state index in [-0.39, 0.29) is 0 Å². The average molecular weight is 372 g/mol. The minimum absolute atomic E-state index is 0.573. The molecule has 2 aromatic rings. The summed E-state index contributed by atoms with van der Waals surface area (Å²) in [5.41, 5.74) is 6.58. The predicted octanol–water partition coefficient (Wildman–Crippen LogP) is 3.90. The lowest BCUT2D eigenvalue weighted by Gasteiger charge is -2.10. The van der Waals surface area contributed by atoms with Crippen LogP contribution in [-0.2, 0) is 6.42 Å². The van der Waals surface area contributed by atoms with Crippen molar-refractivity contribution < 1.29 is 4.74 Å². The summed E-state index contributed by atoms with van der Waals surface area (Å²) in [7, 11) is 0. The van der Waals surface area contributed by atoms with Crippen molar-refractivity contribution >= 4 is 31.9 Å². The number of nitrogens with two attached hydrogens (primary N) is 1. The quantitative estimate of drug-likeness (QED) is 0.886. The Kier molecular flexibility index (Phi) is 4.74. The zero-order chi connectivity index (χ0) is 13.0. The normalized spacial score (nSPS) is 10.4. The van der Waals surface area contributed by atoms with E-state index in [4.69, 9.17) is 10.5 Å². The molecule has 0 radical (unpaired) electrons. The molecule has 0 unspecified atom stereocenters. The highest BCUT2D eigenvalue weighted by molar-refractivity contribution is 9.11. The Morgan fingerprint density at radius 3 is 2.78 bits per heavy atom. The van der Waals surface area contributed by atoms with Crippen LogP contribution in [0.25, 0.3) is 0 Å². The summed E-state index contributed by atoms with van der Waals surface area (Å²) in [5, 5.41) is 0. The van der Waals surface area contributed by atoms with E-state index in [1.54, 1.807) is 6.20 Å². The molecular formula is C13H12Br2N2O. The topological polar surface area (TPSA) is 48.1 Å². The molecule has 0 aliphatic rings. The van der Waals surface area contributed by atoms with E-state index < -0.39 is 0 Å². The maximum atomic E-state index is 5.81. The summed E-state index contributed by atoms with van der Waals surface area (Å²) >= 11 is 6.86. The van der Waals surface area contributed by atoms with Crippen LogP contribution < -0.4 is 10.5 Å². The number of benzene rings is 1. The van der Waals surface area contributed by atoms with Crippen molar-refractivity contribution in [3.05, 3.63) is 51.0 Å². The third-order valence-electron chi connectivity index (χ3n) is 2.36. The monoisotopic (exact) mass is 370 g/mol. The molecule has 0 bridgehead atoms. The van der Waals surface area contributed by atoms with Gasteiger partial charge in [0.15, 0.2) is 0 Å². The van der Waals surface area contributed by atoms with Crippen molar-refractivity contribution in [1.82, 2.24) is 4.98 Å². The smallest absolute Gasteiger partial charge is 0.222 e. The molecule has 1 aromatic carbocycles. The highest BCUT2D eigenvalue weighted by atomic mass is 79.9. The van der Waals surface area contributed by atoms with E-state index in [9.17, 15) is 0 Å². The van der Waals surface area contributed by atoms with Crippen molar-refractivity contribution in [3.8, 4) is 11.6 Å². The summed E-state index contributed by atoms with van der Waals surface area (Å²) in [6, 6.07) is 9.60. The van der Waals surface area contributed by atoms with Crippen LogP contribution in [0.4, 0.5) is 0 Å². The van der Waals surface area contributed by atoms with Crippen LogP contribution in [0.5, 0.6) is 11.6 Å². The zero-order valence-electron chi connectivity index (χ0n) is 9.57.